The number of rotatable bonds is 6. The molecule has 0 aliphatic rings. The first-order chi connectivity index (χ1) is 8.30. The predicted octanol–water partition coefficient (Wildman–Crippen LogP) is 0.984. The van der Waals surface area contributed by atoms with Gasteiger partial charge in [-0.15, -0.1) is 11.8 Å². The second-order valence-corrected chi connectivity index (χ2v) is 7.01. The van der Waals surface area contributed by atoms with Crippen LogP contribution in [-0.2, 0) is 14.6 Å². The number of hydrogen-bond donors (Lipinski definition) is 2. The smallest absolute Gasteiger partial charge is 0.320 e. The fourth-order valence-electron chi connectivity index (χ4n) is 1.21. The minimum Gasteiger partial charge on any atom is -0.480 e. The van der Waals surface area contributed by atoms with Gasteiger partial charge in [0.2, 0.25) is 0 Å². The Morgan fingerprint density at radius 2 is 1.94 bits per heavy atom. The molecule has 0 radical (unpaired) electrons. The number of carboxylic acids is 1. The number of thioether (sulfide) groups is 1. The molecule has 1 aromatic rings. The molecule has 3 N–H and O–H groups in total. The van der Waals surface area contributed by atoms with E-state index in [-0.39, 0.29) is 4.90 Å². The van der Waals surface area contributed by atoms with Gasteiger partial charge in [0.05, 0.1) is 4.90 Å². The second kappa shape index (κ2) is 6.21. The van der Waals surface area contributed by atoms with Gasteiger partial charge in [0.1, 0.15) is 6.04 Å². The first-order valence-electron chi connectivity index (χ1n) is 5.22. The summed E-state index contributed by atoms with van der Waals surface area (Å²) in [6.07, 6.45) is 1.52. The lowest BCUT2D eigenvalue weighted by atomic mass is 10.2. The molecule has 5 nitrogen and oxygen atoms in total. The summed E-state index contributed by atoms with van der Waals surface area (Å²) in [5.74, 6) is -0.436. The second-order valence-electron chi connectivity index (χ2n) is 3.83. The Bertz CT molecular complexity index is 510. The minimum absolute atomic E-state index is 0.272. The van der Waals surface area contributed by atoms with E-state index in [0.717, 1.165) is 11.2 Å². The monoisotopic (exact) mass is 289 g/mol. The van der Waals surface area contributed by atoms with E-state index in [9.17, 15) is 13.2 Å². The number of hydrogen-bond acceptors (Lipinski definition) is 5. The van der Waals surface area contributed by atoms with Crippen molar-refractivity contribution in [2.75, 3.05) is 12.0 Å². The number of benzene rings is 1. The van der Waals surface area contributed by atoms with E-state index in [1.165, 1.54) is 23.9 Å². The number of carboxylic acid groups (broad SMARTS) is 1. The largest absolute Gasteiger partial charge is 0.480 e. The highest BCUT2D eigenvalue weighted by Gasteiger charge is 2.11. The van der Waals surface area contributed by atoms with Crippen LogP contribution in [0.4, 0.5) is 0 Å². The van der Waals surface area contributed by atoms with Gasteiger partial charge in [0.15, 0.2) is 9.84 Å². The zero-order chi connectivity index (χ0) is 13.8. The van der Waals surface area contributed by atoms with Crippen molar-refractivity contribution in [2.24, 2.45) is 5.73 Å². The summed E-state index contributed by atoms with van der Waals surface area (Å²) >= 11 is 1.45. The summed E-state index contributed by atoms with van der Waals surface area (Å²) in [4.78, 5) is 11.7. The Morgan fingerprint density at radius 3 is 2.39 bits per heavy atom. The van der Waals surface area contributed by atoms with E-state index in [1.54, 1.807) is 12.1 Å². The third kappa shape index (κ3) is 4.67. The van der Waals surface area contributed by atoms with Crippen molar-refractivity contribution in [3.05, 3.63) is 24.3 Å². The Kier molecular flexibility index (Phi) is 5.18. The number of aliphatic carboxylic acids is 1. The van der Waals surface area contributed by atoms with Crippen molar-refractivity contribution < 1.29 is 18.3 Å². The molecule has 0 fully saturated rings. The molecule has 0 amide bonds. The summed E-state index contributed by atoms with van der Waals surface area (Å²) in [5.41, 5.74) is 5.37. The Morgan fingerprint density at radius 1 is 1.39 bits per heavy atom. The van der Waals surface area contributed by atoms with Crippen LogP contribution in [0.15, 0.2) is 34.1 Å². The summed E-state index contributed by atoms with van der Waals surface area (Å²) < 4.78 is 22.5. The SMILES string of the molecule is CS(=O)(=O)c1ccc(SCCC(N)C(=O)O)cc1. The zero-order valence-corrected chi connectivity index (χ0v) is 11.5. The fourth-order valence-corrected chi connectivity index (χ4v) is 2.78. The molecule has 0 saturated heterocycles. The van der Waals surface area contributed by atoms with Gasteiger partial charge in [-0.05, 0) is 30.7 Å². The van der Waals surface area contributed by atoms with E-state index in [2.05, 4.69) is 0 Å². The molecule has 1 atom stereocenters. The quantitative estimate of drug-likeness (QED) is 0.758. The molecular weight excluding hydrogens is 274 g/mol. The Labute approximate surface area is 110 Å². The van der Waals surface area contributed by atoms with Crippen LogP contribution < -0.4 is 5.73 Å². The van der Waals surface area contributed by atoms with Crippen LogP contribution in [0, 0.1) is 0 Å². The number of sulfone groups is 1. The average molecular weight is 289 g/mol. The molecule has 1 rings (SSSR count). The highest BCUT2D eigenvalue weighted by Crippen LogP contribution is 2.21. The lowest BCUT2D eigenvalue weighted by molar-refractivity contribution is -0.138. The van der Waals surface area contributed by atoms with Crippen LogP contribution in [0.3, 0.4) is 0 Å². The van der Waals surface area contributed by atoms with Gasteiger partial charge in [0.25, 0.3) is 0 Å². The van der Waals surface area contributed by atoms with Crippen LogP contribution >= 0.6 is 11.8 Å². The van der Waals surface area contributed by atoms with Gasteiger partial charge >= 0.3 is 5.97 Å². The lowest BCUT2D eigenvalue weighted by Gasteiger charge is -2.06. The van der Waals surface area contributed by atoms with Crippen molar-refractivity contribution in [3.8, 4) is 0 Å². The van der Waals surface area contributed by atoms with Gasteiger partial charge in [-0.25, -0.2) is 8.42 Å². The maximum atomic E-state index is 11.2. The van der Waals surface area contributed by atoms with Crippen molar-refractivity contribution in [2.45, 2.75) is 22.3 Å². The molecule has 0 aliphatic carbocycles. The van der Waals surface area contributed by atoms with Gasteiger partial charge in [-0.1, -0.05) is 0 Å². The van der Waals surface area contributed by atoms with Crippen LogP contribution in [-0.4, -0.2) is 37.5 Å². The van der Waals surface area contributed by atoms with Gasteiger partial charge in [-0.3, -0.25) is 4.79 Å². The average Bonchev–Trinajstić information content (AvgIpc) is 2.28. The first-order valence-corrected chi connectivity index (χ1v) is 8.09. The van der Waals surface area contributed by atoms with E-state index < -0.39 is 21.8 Å². The van der Waals surface area contributed by atoms with Crippen LogP contribution in [0.25, 0.3) is 0 Å². The molecule has 0 spiro atoms. The van der Waals surface area contributed by atoms with Crippen LogP contribution in [0.5, 0.6) is 0 Å². The van der Waals surface area contributed by atoms with Crippen molar-refractivity contribution in [3.63, 3.8) is 0 Å². The van der Waals surface area contributed by atoms with Gasteiger partial charge in [0, 0.05) is 16.9 Å². The number of nitrogens with two attached hydrogens (primary N) is 1. The normalized spacial score (nSPS) is 13.2. The van der Waals surface area contributed by atoms with E-state index in [0.29, 0.717) is 12.2 Å². The molecular formula is C11H15NO4S2. The van der Waals surface area contributed by atoms with Gasteiger partial charge in [-0.2, -0.15) is 0 Å². The predicted molar refractivity (Wildman–Crippen MR) is 70.5 cm³/mol. The van der Waals surface area contributed by atoms with E-state index >= 15 is 0 Å². The summed E-state index contributed by atoms with van der Waals surface area (Å²) in [6, 6.07) is 5.62. The van der Waals surface area contributed by atoms with Crippen molar-refractivity contribution in [1.29, 1.82) is 0 Å². The lowest BCUT2D eigenvalue weighted by Crippen LogP contribution is -2.30. The molecule has 0 aliphatic heterocycles. The molecule has 1 aromatic carbocycles. The molecule has 0 aromatic heterocycles. The Hall–Kier alpha value is -1.05. The van der Waals surface area contributed by atoms with E-state index in [1.807, 2.05) is 0 Å². The minimum atomic E-state index is -3.17. The van der Waals surface area contributed by atoms with E-state index in [4.69, 9.17) is 10.8 Å². The highest BCUT2D eigenvalue weighted by atomic mass is 32.2. The zero-order valence-electron chi connectivity index (χ0n) is 9.87. The molecule has 0 heterocycles. The van der Waals surface area contributed by atoms with Gasteiger partial charge < -0.3 is 10.8 Å². The van der Waals surface area contributed by atoms with Crippen LogP contribution in [0.2, 0.25) is 0 Å². The number of carbonyl (C=O) groups is 1. The molecule has 18 heavy (non-hydrogen) atoms. The standard InChI is InChI=1S/C11H15NO4S2/c1-18(15,16)9-4-2-8(3-5-9)17-7-6-10(12)11(13)14/h2-5,10H,6-7,12H2,1H3,(H,13,14). The van der Waals surface area contributed by atoms with Crippen molar-refractivity contribution >= 4 is 27.6 Å². The third-order valence-electron chi connectivity index (χ3n) is 2.27. The topological polar surface area (TPSA) is 97.5 Å². The molecule has 0 bridgehead atoms. The molecule has 7 heteroatoms. The van der Waals surface area contributed by atoms with Crippen molar-refractivity contribution in [1.82, 2.24) is 0 Å². The first kappa shape index (κ1) is 15.0. The maximum absolute atomic E-state index is 11.2. The maximum Gasteiger partial charge on any atom is 0.320 e. The Balaban J connectivity index is 2.52. The summed E-state index contributed by atoms with van der Waals surface area (Å²) in [5, 5.41) is 8.60. The van der Waals surface area contributed by atoms with Crippen LogP contribution in [0.1, 0.15) is 6.42 Å². The highest BCUT2D eigenvalue weighted by molar-refractivity contribution is 7.99. The fraction of sp³-hybridized carbons (Fsp3) is 0.364. The third-order valence-corrected chi connectivity index (χ3v) is 4.44. The molecule has 100 valence electrons. The summed E-state index contributed by atoms with van der Waals surface area (Å²) in [6.45, 7) is 0. The summed E-state index contributed by atoms with van der Waals surface area (Å²) in [7, 11) is -3.17. The molecule has 1 unspecified atom stereocenters. The molecule has 0 saturated carbocycles.